The first-order valence-electron chi connectivity index (χ1n) is 5.29. The summed E-state index contributed by atoms with van der Waals surface area (Å²) in [6.07, 6.45) is -4.40. The molecule has 2 aromatic rings. The van der Waals surface area contributed by atoms with Gasteiger partial charge in [0.2, 0.25) is 0 Å². The summed E-state index contributed by atoms with van der Waals surface area (Å²) in [5.74, 6) is -0.724. The van der Waals surface area contributed by atoms with Gasteiger partial charge in [-0.2, -0.15) is 13.2 Å². The lowest BCUT2D eigenvalue weighted by atomic mass is 10.1. The lowest BCUT2D eigenvalue weighted by Crippen LogP contribution is -2.33. The third-order valence-corrected chi connectivity index (χ3v) is 2.46. The number of halogens is 3. The first kappa shape index (κ1) is 12.4. The molecular weight excluding hydrogens is 243 g/mol. The molecule has 0 aliphatic heterocycles. The van der Waals surface area contributed by atoms with Gasteiger partial charge in [-0.05, 0) is 22.9 Å². The molecule has 0 aromatic heterocycles. The standard InChI is InChI=1S/C13H10F3NO/c14-13(15,16)8-17-12(18)11-6-5-9-3-1-2-4-10(9)7-11/h1-7H,8H2,(H,17,18). The van der Waals surface area contributed by atoms with E-state index in [1.165, 1.54) is 6.07 Å². The molecule has 0 bridgehead atoms. The van der Waals surface area contributed by atoms with E-state index in [1.54, 1.807) is 24.3 Å². The Morgan fingerprint density at radius 3 is 2.39 bits per heavy atom. The van der Waals surface area contributed by atoms with Gasteiger partial charge in [0.25, 0.3) is 5.91 Å². The zero-order valence-corrected chi connectivity index (χ0v) is 9.29. The fourth-order valence-corrected chi connectivity index (χ4v) is 1.61. The maximum atomic E-state index is 12.0. The van der Waals surface area contributed by atoms with Crippen molar-refractivity contribution in [2.45, 2.75) is 6.18 Å². The van der Waals surface area contributed by atoms with Crippen LogP contribution in [0.1, 0.15) is 10.4 Å². The Morgan fingerprint density at radius 2 is 1.72 bits per heavy atom. The molecule has 2 nitrogen and oxygen atoms in total. The van der Waals surface area contributed by atoms with Gasteiger partial charge >= 0.3 is 6.18 Å². The molecule has 0 unspecified atom stereocenters. The summed E-state index contributed by atoms with van der Waals surface area (Å²) in [5.41, 5.74) is 0.220. The molecule has 1 N–H and O–H groups in total. The van der Waals surface area contributed by atoms with Crippen molar-refractivity contribution in [3.05, 3.63) is 48.0 Å². The minimum atomic E-state index is -4.40. The number of fused-ring (bicyclic) bond motifs is 1. The van der Waals surface area contributed by atoms with Crippen LogP contribution in [0.5, 0.6) is 0 Å². The number of benzene rings is 2. The third-order valence-electron chi connectivity index (χ3n) is 2.46. The number of alkyl halides is 3. The van der Waals surface area contributed by atoms with Crippen LogP contribution < -0.4 is 5.32 Å². The smallest absolute Gasteiger partial charge is 0.343 e. The topological polar surface area (TPSA) is 29.1 Å². The summed E-state index contributed by atoms with van der Waals surface area (Å²) in [5, 5.41) is 3.59. The van der Waals surface area contributed by atoms with Gasteiger partial charge < -0.3 is 5.32 Å². The van der Waals surface area contributed by atoms with Crippen LogP contribution in [-0.2, 0) is 0 Å². The van der Waals surface area contributed by atoms with Gasteiger partial charge in [0.1, 0.15) is 6.54 Å². The average molecular weight is 253 g/mol. The van der Waals surface area contributed by atoms with Crippen LogP contribution in [0.3, 0.4) is 0 Å². The van der Waals surface area contributed by atoms with Crippen LogP contribution in [0.15, 0.2) is 42.5 Å². The first-order valence-corrected chi connectivity index (χ1v) is 5.29. The summed E-state index contributed by atoms with van der Waals surface area (Å²) in [6.45, 7) is -1.32. The Balaban J connectivity index is 2.18. The maximum absolute atomic E-state index is 12.0. The summed E-state index contributed by atoms with van der Waals surface area (Å²) in [4.78, 5) is 11.5. The van der Waals surface area contributed by atoms with Crippen LogP contribution in [0, 0.1) is 0 Å². The van der Waals surface area contributed by atoms with Crippen molar-refractivity contribution in [2.75, 3.05) is 6.54 Å². The summed E-state index contributed by atoms with van der Waals surface area (Å²) < 4.78 is 35.9. The highest BCUT2D eigenvalue weighted by atomic mass is 19.4. The molecule has 0 atom stereocenters. The quantitative estimate of drug-likeness (QED) is 0.875. The van der Waals surface area contributed by atoms with Crippen molar-refractivity contribution < 1.29 is 18.0 Å². The highest BCUT2D eigenvalue weighted by Gasteiger charge is 2.27. The molecule has 0 radical (unpaired) electrons. The van der Waals surface area contributed by atoms with Crippen molar-refractivity contribution in [2.24, 2.45) is 0 Å². The second kappa shape index (κ2) is 4.68. The lowest BCUT2D eigenvalue weighted by Gasteiger charge is -2.08. The predicted molar refractivity (Wildman–Crippen MR) is 62.3 cm³/mol. The Bertz CT molecular complexity index is 578. The van der Waals surface area contributed by atoms with E-state index in [1.807, 2.05) is 17.4 Å². The number of carbonyl (C=O) groups is 1. The molecule has 2 aromatic carbocycles. The summed E-state index contributed by atoms with van der Waals surface area (Å²) >= 11 is 0. The van der Waals surface area contributed by atoms with Gasteiger partial charge in [-0.1, -0.05) is 30.3 Å². The molecule has 18 heavy (non-hydrogen) atoms. The SMILES string of the molecule is O=C(NCC(F)(F)F)c1ccc2ccccc2c1. The molecule has 0 spiro atoms. The van der Waals surface area contributed by atoms with E-state index in [0.29, 0.717) is 0 Å². The number of hydrogen-bond donors (Lipinski definition) is 1. The fourth-order valence-electron chi connectivity index (χ4n) is 1.61. The molecule has 0 aliphatic rings. The van der Waals surface area contributed by atoms with E-state index in [2.05, 4.69) is 0 Å². The van der Waals surface area contributed by atoms with Crippen LogP contribution in [0.2, 0.25) is 0 Å². The second-order valence-electron chi connectivity index (χ2n) is 3.86. The van der Waals surface area contributed by atoms with Gasteiger partial charge in [-0.15, -0.1) is 0 Å². The first-order chi connectivity index (χ1) is 8.46. The van der Waals surface area contributed by atoms with Crippen LogP contribution in [0.4, 0.5) is 13.2 Å². The molecule has 5 heteroatoms. The Hall–Kier alpha value is -2.04. The number of amides is 1. The van der Waals surface area contributed by atoms with Crippen molar-refractivity contribution >= 4 is 16.7 Å². The zero-order chi connectivity index (χ0) is 13.2. The Labute approximate surface area is 101 Å². The van der Waals surface area contributed by atoms with Crippen molar-refractivity contribution in [3.63, 3.8) is 0 Å². The van der Waals surface area contributed by atoms with E-state index >= 15 is 0 Å². The molecule has 2 rings (SSSR count). The molecule has 0 heterocycles. The number of rotatable bonds is 2. The van der Waals surface area contributed by atoms with Crippen molar-refractivity contribution in [3.8, 4) is 0 Å². The molecular formula is C13H10F3NO. The molecule has 94 valence electrons. The highest BCUT2D eigenvalue weighted by molar-refractivity contribution is 5.98. The third kappa shape index (κ3) is 3.00. The van der Waals surface area contributed by atoms with Crippen LogP contribution in [0.25, 0.3) is 10.8 Å². The Kier molecular flexibility index (Phi) is 3.23. The highest BCUT2D eigenvalue weighted by Crippen LogP contribution is 2.16. The second-order valence-corrected chi connectivity index (χ2v) is 3.86. The van der Waals surface area contributed by atoms with E-state index in [9.17, 15) is 18.0 Å². The van der Waals surface area contributed by atoms with E-state index < -0.39 is 18.6 Å². The zero-order valence-electron chi connectivity index (χ0n) is 9.29. The summed E-state index contributed by atoms with van der Waals surface area (Å²) in [7, 11) is 0. The largest absolute Gasteiger partial charge is 0.405 e. The summed E-state index contributed by atoms with van der Waals surface area (Å²) in [6, 6.07) is 12.1. The number of nitrogens with one attached hydrogen (secondary N) is 1. The monoisotopic (exact) mass is 253 g/mol. The van der Waals surface area contributed by atoms with Crippen LogP contribution in [-0.4, -0.2) is 18.6 Å². The lowest BCUT2D eigenvalue weighted by molar-refractivity contribution is -0.123. The average Bonchev–Trinajstić information content (AvgIpc) is 2.34. The normalized spacial score (nSPS) is 11.5. The minimum absolute atomic E-state index is 0.220. The minimum Gasteiger partial charge on any atom is -0.343 e. The fraction of sp³-hybridized carbons (Fsp3) is 0.154. The maximum Gasteiger partial charge on any atom is 0.405 e. The van der Waals surface area contributed by atoms with Gasteiger partial charge in [0.05, 0.1) is 0 Å². The molecule has 0 aliphatic carbocycles. The van der Waals surface area contributed by atoms with Gasteiger partial charge in [-0.25, -0.2) is 0 Å². The van der Waals surface area contributed by atoms with Crippen LogP contribution >= 0.6 is 0 Å². The van der Waals surface area contributed by atoms with E-state index in [4.69, 9.17) is 0 Å². The van der Waals surface area contributed by atoms with Crippen molar-refractivity contribution in [1.29, 1.82) is 0 Å². The van der Waals surface area contributed by atoms with Crippen molar-refractivity contribution in [1.82, 2.24) is 5.32 Å². The molecule has 0 fully saturated rings. The molecule has 1 amide bonds. The predicted octanol–water partition coefficient (Wildman–Crippen LogP) is 3.13. The van der Waals surface area contributed by atoms with Gasteiger partial charge in [0.15, 0.2) is 0 Å². The van der Waals surface area contributed by atoms with Gasteiger partial charge in [0, 0.05) is 5.56 Å². The Morgan fingerprint density at radius 1 is 1.06 bits per heavy atom. The molecule has 0 saturated heterocycles. The number of carbonyl (C=O) groups excluding carboxylic acids is 1. The molecule has 0 saturated carbocycles. The van der Waals surface area contributed by atoms with Gasteiger partial charge in [-0.3, -0.25) is 4.79 Å². The number of hydrogen-bond acceptors (Lipinski definition) is 1. The van der Waals surface area contributed by atoms with E-state index in [0.717, 1.165) is 10.8 Å². The van der Waals surface area contributed by atoms with E-state index in [-0.39, 0.29) is 5.56 Å².